The van der Waals surface area contributed by atoms with Crippen LogP contribution in [0.5, 0.6) is 0 Å². The van der Waals surface area contributed by atoms with Crippen LogP contribution in [0.15, 0.2) is 0 Å². The van der Waals surface area contributed by atoms with Crippen molar-refractivity contribution in [2.45, 2.75) is 32.2 Å². The molecule has 4 nitrogen and oxygen atoms in total. The number of hydrogen-bond donors (Lipinski definition) is 1. The fraction of sp³-hybridized carbons (Fsp3) is 1.00. The number of hydrogen-bond acceptors (Lipinski definition) is 4. The van der Waals surface area contributed by atoms with Crippen molar-refractivity contribution in [3.8, 4) is 0 Å². The Balaban J connectivity index is 2.17. The van der Waals surface area contributed by atoms with Crippen molar-refractivity contribution in [1.82, 2.24) is 10.2 Å². The van der Waals surface area contributed by atoms with Crippen molar-refractivity contribution in [2.24, 2.45) is 0 Å². The Bertz CT molecular complexity index is 179. The molecule has 0 amide bonds. The van der Waals surface area contributed by atoms with Gasteiger partial charge in [0, 0.05) is 39.4 Å². The van der Waals surface area contributed by atoms with Gasteiger partial charge in [-0.05, 0) is 26.3 Å². The lowest BCUT2D eigenvalue weighted by molar-refractivity contribution is 0.0763. The molecule has 1 aliphatic rings. The Hall–Kier alpha value is -0.160. The van der Waals surface area contributed by atoms with Crippen LogP contribution in [0.3, 0.4) is 0 Å². The number of ether oxygens (including phenoxy) is 2. The van der Waals surface area contributed by atoms with E-state index in [0.29, 0.717) is 6.04 Å². The third kappa shape index (κ3) is 6.36. The molecule has 0 aromatic heterocycles. The van der Waals surface area contributed by atoms with Crippen LogP contribution in [0, 0.1) is 0 Å². The number of piperidine rings is 1. The monoisotopic (exact) mass is 244 g/mol. The fourth-order valence-corrected chi connectivity index (χ4v) is 2.35. The van der Waals surface area contributed by atoms with E-state index in [0.717, 1.165) is 39.5 Å². The zero-order chi connectivity index (χ0) is 12.3. The van der Waals surface area contributed by atoms with Crippen molar-refractivity contribution >= 4 is 0 Å². The molecule has 0 aromatic carbocycles. The molecule has 1 fully saturated rings. The summed E-state index contributed by atoms with van der Waals surface area (Å²) in [7, 11) is 1.75. The maximum Gasteiger partial charge on any atom is 0.0593 e. The van der Waals surface area contributed by atoms with Crippen LogP contribution in [-0.2, 0) is 9.47 Å². The van der Waals surface area contributed by atoms with Crippen molar-refractivity contribution in [3.63, 3.8) is 0 Å². The van der Waals surface area contributed by atoms with E-state index in [4.69, 9.17) is 9.47 Å². The highest BCUT2D eigenvalue weighted by Crippen LogP contribution is 2.15. The SMILES string of the molecule is CCOCCN1CCCCC1CNCCOC. The molecule has 0 aliphatic carbocycles. The fourth-order valence-electron chi connectivity index (χ4n) is 2.35. The first kappa shape index (κ1) is 14.9. The zero-order valence-electron chi connectivity index (χ0n) is 11.4. The van der Waals surface area contributed by atoms with Gasteiger partial charge in [0.2, 0.25) is 0 Å². The van der Waals surface area contributed by atoms with Gasteiger partial charge in [-0.25, -0.2) is 0 Å². The first-order chi connectivity index (χ1) is 8.38. The molecule has 1 N–H and O–H groups in total. The number of nitrogens with one attached hydrogen (secondary N) is 1. The summed E-state index contributed by atoms with van der Waals surface area (Å²) in [5.41, 5.74) is 0. The zero-order valence-corrected chi connectivity index (χ0v) is 11.4. The van der Waals surface area contributed by atoms with E-state index in [1.54, 1.807) is 7.11 Å². The normalized spacial score (nSPS) is 21.9. The van der Waals surface area contributed by atoms with Crippen LogP contribution in [0.2, 0.25) is 0 Å². The van der Waals surface area contributed by atoms with Gasteiger partial charge in [-0.15, -0.1) is 0 Å². The second-order valence-electron chi connectivity index (χ2n) is 4.58. The summed E-state index contributed by atoms with van der Waals surface area (Å²) in [5, 5.41) is 3.47. The molecule has 1 atom stereocenters. The minimum Gasteiger partial charge on any atom is -0.383 e. The number of rotatable bonds is 9. The van der Waals surface area contributed by atoms with Gasteiger partial charge >= 0.3 is 0 Å². The van der Waals surface area contributed by atoms with Gasteiger partial charge in [0.15, 0.2) is 0 Å². The van der Waals surface area contributed by atoms with Crippen LogP contribution in [0.1, 0.15) is 26.2 Å². The number of nitrogens with zero attached hydrogens (tertiary/aromatic N) is 1. The van der Waals surface area contributed by atoms with Crippen LogP contribution in [-0.4, -0.2) is 64.1 Å². The molecular formula is C13H28N2O2. The largest absolute Gasteiger partial charge is 0.383 e. The van der Waals surface area contributed by atoms with Crippen molar-refractivity contribution in [2.75, 3.05) is 53.1 Å². The summed E-state index contributed by atoms with van der Waals surface area (Å²) in [5.74, 6) is 0. The summed E-state index contributed by atoms with van der Waals surface area (Å²) >= 11 is 0. The molecule has 1 heterocycles. The topological polar surface area (TPSA) is 33.7 Å². The summed E-state index contributed by atoms with van der Waals surface area (Å²) in [6.07, 6.45) is 4.01. The van der Waals surface area contributed by atoms with Gasteiger partial charge in [-0.1, -0.05) is 6.42 Å². The molecule has 0 bridgehead atoms. The Morgan fingerprint density at radius 2 is 2.18 bits per heavy atom. The molecule has 1 aliphatic heterocycles. The molecule has 17 heavy (non-hydrogen) atoms. The van der Waals surface area contributed by atoms with Gasteiger partial charge in [0.1, 0.15) is 0 Å². The molecule has 1 unspecified atom stereocenters. The predicted molar refractivity (Wildman–Crippen MR) is 70.5 cm³/mol. The van der Waals surface area contributed by atoms with E-state index >= 15 is 0 Å². The van der Waals surface area contributed by atoms with Gasteiger partial charge < -0.3 is 14.8 Å². The lowest BCUT2D eigenvalue weighted by Gasteiger charge is -2.35. The first-order valence-electron chi connectivity index (χ1n) is 6.90. The highest BCUT2D eigenvalue weighted by Gasteiger charge is 2.21. The molecule has 102 valence electrons. The third-order valence-electron chi connectivity index (χ3n) is 3.34. The van der Waals surface area contributed by atoms with Gasteiger partial charge in [0.05, 0.1) is 13.2 Å². The summed E-state index contributed by atoms with van der Waals surface area (Å²) in [6.45, 7) is 8.87. The molecule has 0 radical (unpaired) electrons. The number of likely N-dealkylation sites (tertiary alicyclic amines) is 1. The van der Waals surface area contributed by atoms with Crippen LogP contribution < -0.4 is 5.32 Å². The van der Waals surface area contributed by atoms with E-state index in [2.05, 4.69) is 17.1 Å². The van der Waals surface area contributed by atoms with Crippen molar-refractivity contribution in [1.29, 1.82) is 0 Å². The van der Waals surface area contributed by atoms with Crippen molar-refractivity contribution in [3.05, 3.63) is 0 Å². The molecule has 1 rings (SSSR count). The summed E-state index contributed by atoms with van der Waals surface area (Å²) < 4.78 is 10.5. The van der Waals surface area contributed by atoms with Crippen LogP contribution in [0.25, 0.3) is 0 Å². The standard InChI is InChI=1S/C13H28N2O2/c1-3-17-11-9-15-8-5-4-6-13(15)12-14-7-10-16-2/h13-14H,3-12H2,1-2H3. The molecule has 1 saturated heterocycles. The maximum absolute atomic E-state index is 5.45. The predicted octanol–water partition coefficient (Wildman–Crippen LogP) is 1.11. The molecule has 0 spiro atoms. The molecule has 4 heteroatoms. The minimum absolute atomic E-state index is 0.682. The summed E-state index contributed by atoms with van der Waals surface area (Å²) in [6, 6.07) is 0.682. The quantitative estimate of drug-likeness (QED) is 0.616. The van der Waals surface area contributed by atoms with E-state index in [-0.39, 0.29) is 0 Å². The highest BCUT2D eigenvalue weighted by atomic mass is 16.5. The van der Waals surface area contributed by atoms with E-state index in [1.165, 1.54) is 25.8 Å². The third-order valence-corrected chi connectivity index (χ3v) is 3.34. The van der Waals surface area contributed by atoms with Gasteiger partial charge in [0.25, 0.3) is 0 Å². The summed E-state index contributed by atoms with van der Waals surface area (Å²) in [4.78, 5) is 2.57. The first-order valence-corrected chi connectivity index (χ1v) is 6.90. The number of methoxy groups -OCH3 is 1. The second-order valence-corrected chi connectivity index (χ2v) is 4.58. The average Bonchev–Trinajstić information content (AvgIpc) is 2.36. The lowest BCUT2D eigenvalue weighted by Crippen LogP contribution is -2.47. The Morgan fingerprint density at radius 1 is 1.29 bits per heavy atom. The Labute approximate surface area is 106 Å². The van der Waals surface area contributed by atoms with Crippen LogP contribution >= 0.6 is 0 Å². The average molecular weight is 244 g/mol. The maximum atomic E-state index is 5.45. The highest BCUT2D eigenvalue weighted by molar-refractivity contribution is 4.78. The Kier molecular flexibility index (Phi) is 8.61. The van der Waals surface area contributed by atoms with E-state index < -0.39 is 0 Å². The second kappa shape index (κ2) is 9.83. The minimum atomic E-state index is 0.682. The van der Waals surface area contributed by atoms with E-state index in [1.807, 2.05) is 0 Å². The lowest BCUT2D eigenvalue weighted by atomic mass is 10.0. The van der Waals surface area contributed by atoms with Crippen molar-refractivity contribution < 1.29 is 9.47 Å². The molecule has 0 aromatic rings. The van der Waals surface area contributed by atoms with Crippen LogP contribution in [0.4, 0.5) is 0 Å². The smallest absolute Gasteiger partial charge is 0.0593 e. The van der Waals surface area contributed by atoms with E-state index in [9.17, 15) is 0 Å². The van der Waals surface area contributed by atoms with Gasteiger partial charge in [-0.3, -0.25) is 4.90 Å². The Morgan fingerprint density at radius 3 is 2.94 bits per heavy atom. The molecular weight excluding hydrogens is 216 g/mol. The molecule has 0 saturated carbocycles. The van der Waals surface area contributed by atoms with Gasteiger partial charge in [-0.2, -0.15) is 0 Å².